The van der Waals surface area contributed by atoms with Crippen LogP contribution in [0.3, 0.4) is 0 Å². The maximum absolute atomic E-state index is 12.6. The minimum absolute atomic E-state index is 0.0737. The van der Waals surface area contributed by atoms with E-state index in [1.54, 1.807) is 0 Å². The highest BCUT2D eigenvalue weighted by Crippen LogP contribution is 2.35. The first kappa shape index (κ1) is 18.5. The van der Waals surface area contributed by atoms with Crippen LogP contribution in [0.15, 0.2) is 0 Å². The Hall–Kier alpha value is -0.820. The molecule has 4 nitrogen and oxygen atoms in total. The Morgan fingerprint density at radius 2 is 1.61 bits per heavy atom. The quantitative estimate of drug-likeness (QED) is 0.810. The number of hydrogen-bond acceptors (Lipinski definition) is 3. The number of halogens is 3. The predicted octanol–water partition coefficient (Wildman–Crippen LogP) is 2.41. The van der Waals surface area contributed by atoms with Gasteiger partial charge in [0.05, 0.1) is 6.54 Å². The lowest BCUT2D eigenvalue weighted by atomic mass is 9.86. The molecule has 2 fully saturated rings. The van der Waals surface area contributed by atoms with Gasteiger partial charge < -0.3 is 10.0 Å². The van der Waals surface area contributed by atoms with Gasteiger partial charge in [0.1, 0.15) is 0 Å². The van der Waals surface area contributed by atoms with Gasteiger partial charge >= 0.3 is 6.18 Å². The van der Waals surface area contributed by atoms with Crippen molar-refractivity contribution in [2.75, 3.05) is 20.1 Å². The zero-order chi connectivity index (χ0) is 17.2. The summed E-state index contributed by atoms with van der Waals surface area (Å²) in [5.41, 5.74) is 0. The lowest BCUT2D eigenvalue weighted by Gasteiger charge is -2.37. The van der Waals surface area contributed by atoms with Gasteiger partial charge in [-0.2, -0.15) is 13.2 Å². The number of carbonyl (C=O) groups is 1. The van der Waals surface area contributed by atoms with Crippen LogP contribution in [0.25, 0.3) is 0 Å². The average Bonchev–Trinajstić information content (AvgIpc) is 3.24. The summed E-state index contributed by atoms with van der Waals surface area (Å²) >= 11 is 0. The van der Waals surface area contributed by atoms with Crippen LogP contribution in [0.2, 0.25) is 0 Å². The molecule has 0 saturated heterocycles. The molecule has 1 N–H and O–H groups in total. The van der Waals surface area contributed by atoms with Crippen molar-refractivity contribution in [3.63, 3.8) is 0 Å². The Labute approximate surface area is 135 Å². The van der Waals surface area contributed by atoms with Crippen LogP contribution in [0.5, 0.6) is 0 Å². The highest BCUT2D eigenvalue weighted by Gasteiger charge is 2.41. The van der Waals surface area contributed by atoms with Gasteiger partial charge in [0.2, 0.25) is 5.91 Å². The third-order valence-electron chi connectivity index (χ3n) is 4.87. The topological polar surface area (TPSA) is 43.8 Å². The summed E-state index contributed by atoms with van der Waals surface area (Å²) < 4.78 is 37.2. The molecular formula is C16H27F3N2O2. The fraction of sp³-hybridized carbons (Fsp3) is 0.938. The molecule has 0 aromatic heterocycles. The van der Waals surface area contributed by atoms with Crippen molar-refractivity contribution in [2.24, 2.45) is 5.92 Å². The molecule has 1 unspecified atom stereocenters. The van der Waals surface area contributed by atoms with Crippen molar-refractivity contribution in [2.45, 2.75) is 69.8 Å². The van der Waals surface area contributed by atoms with Crippen LogP contribution in [-0.4, -0.2) is 65.3 Å². The summed E-state index contributed by atoms with van der Waals surface area (Å²) in [7, 11) is 1.45. The van der Waals surface area contributed by atoms with Crippen molar-refractivity contribution in [3.05, 3.63) is 0 Å². The van der Waals surface area contributed by atoms with Crippen LogP contribution in [0.4, 0.5) is 13.2 Å². The first-order valence-corrected chi connectivity index (χ1v) is 8.43. The fourth-order valence-electron chi connectivity index (χ4n) is 3.35. The van der Waals surface area contributed by atoms with Gasteiger partial charge in [0.25, 0.3) is 0 Å². The number of rotatable bonds is 6. The smallest absolute Gasteiger partial charge is 0.382 e. The Balaban J connectivity index is 1.88. The number of amides is 1. The Bertz CT molecular complexity index is 405. The van der Waals surface area contributed by atoms with E-state index in [9.17, 15) is 18.0 Å². The van der Waals surface area contributed by atoms with E-state index in [0.29, 0.717) is 5.92 Å². The number of nitrogens with zero attached hydrogens (tertiary/aromatic N) is 2. The monoisotopic (exact) mass is 336 g/mol. The molecule has 2 aliphatic rings. The van der Waals surface area contributed by atoms with Gasteiger partial charge in [-0.05, 0) is 51.5 Å². The second kappa shape index (κ2) is 7.38. The summed E-state index contributed by atoms with van der Waals surface area (Å²) in [5.74, 6) is 0.580. The highest BCUT2D eigenvalue weighted by molar-refractivity contribution is 5.79. The number of aliphatic hydroxyl groups excluding tert-OH is 1. The zero-order valence-electron chi connectivity index (χ0n) is 13.9. The van der Waals surface area contributed by atoms with Crippen LogP contribution in [0, 0.1) is 5.92 Å². The molecule has 1 amide bonds. The molecule has 0 radical (unpaired) electrons. The summed E-state index contributed by atoms with van der Waals surface area (Å²) in [6.07, 6.45) is -0.901. The summed E-state index contributed by atoms with van der Waals surface area (Å²) in [4.78, 5) is 15.8. The maximum atomic E-state index is 12.6. The van der Waals surface area contributed by atoms with Gasteiger partial charge in [-0.1, -0.05) is 6.92 Å². The number of alkyl halides is 3. The van der Waals surface area contributed by atoms with E-state index in [2.05, 4.69) is 6.92 Å². The third-order valence-corrected chi connectivity index (χ3v) is 4.87. The van der Waals surface area contributed by atoms with Gasteiger partial charge in [0.15, 0.2) is 6.10 Å². The first-order chi connectivity index (χ1) is 10.7. The van der Waals surface area contributed by atoms with Crippen LogP contribution in [0.1, 0.15) is 45.4 Å². The van der Waals surface area contributed by atoms with E-state index < -0.39 is 18.8 Å². The summed E-state index contributed by atoms with van der Waals surface area (Å²) in [5, 5.41) is 9.12. The standard InChI is InChI=1S/C16H27F3N2O2/c1-11-3-5-12(6-4-11)21(13-7-8-13)15(23)10-20(2)9-14(22)16(17,18)19/h11-14,22H,3-10H2,1-2H3. The third kappa shape index (κ3) is 5.35. The molecule has 0 aliphatic heterocycles. The van der Waals surface area contributed by atoms with E-state index in [1.165, 1.54) is 11.9 Å². The van der Waals surface area contributed by atoms with Crippen LogP contribution >= 0.6 is 0 Å². The maximum Gasteiger partial charge on any atom is 0.415 e. The van der Waals surface area contributed by atoms with Crippen LogP contribution < -0.4 is 0 Å². The molecule has 2 rings (SSSR count). The zero-order valence-corrected chi connectivity index (χ0v) is 13.9. The molecule has 134 valence electrons. The Kier molecular flexibility index (Phi) is 5.94. The van der Waals surface area contributed by atoms with Crippen molar-refractivity contribution < 1.29 is 23.1 Å². The SMILES string of the molecule is CC1CCC(N(C(=O)CN(C)CC(O)C(F)(F)F)C2CC2)CC1. The molecule has 23 heavy (non-hydrogen) atoms. The van der Waals surface area contributed by atoms with E-state index >= 15 is 0 Å². The van der Waals surface area contributed by atoms with Crippen molar-refractivity contribution in [1.82, 2.24) is 9.80 Å². The second-order valence-corrected chi connectivity index (χ2v) is 7.20. The molecule has 1 atom stereocenters. The second-order valence-electron chi connectivity index (χ2n) is 7.20. The summed E-state index contributed by atoms with van der Waals surface area (Å²) in [6.45, 7) is 1.57. The number of likely N-dealkylation sites (N-methyl/N-ethyl adjacent to an activating group) is 1. The van der Waals surface area contributed by atoms with Gasteiger partial charge in [-0.25, -0.2) is 0 Å². The van der Waals surface area contributed by atoms with E-state index in [4.69, 9.17) is 5.11 Å². The lowest BCUT2D eigenvalue weighted by molar-refractivity contribution is -0.207. The first-order valence-electron chi connectivity index (χ1n) is 8.43. The van der Waals surface area contributed by atoms with Crippen molar-refractivity contribution in [1.29, 1.82) is 0 Å². The van der Waals surface area contributed by atoms with Crippen molar-refractivity contribution >= 4 is 5.91 Å². The van der Waals surface area contributed by atoms with E-state index in [1.807, 2.05) is 4.90 Å². The molecular weight excluding hydrogens is 309 g/mol. The van der Waals surface area contributed by atoms with Crippen LogP contribution in [-0.2, 0) is 4.79 Å². The van der Waals surface area contributed by atoms with Gasteiger partial charge in [0, 0.05) is 18.6 Å². The molecule has 0 heterocycles. The number of carbonyl (C=O) groups excluding carboxylic acids is 1. The molecule has 0 aromatic carbocycles. The molecule has 0 spiro atoms. The number of hydrogen-bond donors (Lipinski definition) is 1. The Morgan fingerprint density at radius 3 is 2.04 bits per heavy atom. The lowest BCUT2D eigenvalue weighted by Crippen LogP contribution is -2.49. The van der Waals surface area contributed by atoms with Crippen molar-refractivity contribution in [3.8, 4) is 0 Å². The molecule has 2 aliphatic carbocycles. The number of aliphatic hydroxyl groups is 1. The molecule has 0 bridgehead atoms. The van der Waals surface area contributed by atoms with E-state index in [0.717, 1.165) is 38.5 Å². The highest BCUT2D eigenvalue weighted by atomic mass is 19.4. The average molecular weight is 336 g/mol. The Morgan fingerprint density at radius 1 is 1.13 bits per heavy atom. The predicted molar refractivity (Wildman–Crippen MR) is 80.8 cm³/mol. The summed E-state index contributed by atoms with van der Waals surface area (Å²) in [6, 6.07) is 0.494. The normalized spacial score (nSPS) is 27.1. The minimum atomic E-state index is -4.65. The molecule has 0 aromatic rings. The largest absolute Gasteiger partial charge is 0.415 e. The molecule has 7 heteroatoms. The van der Waals surface area contributed by atoms with E-state index in [-0.39, 0.29) is 24.5 Å². The molecule has 2 saturated carbocycles. The van der Waals surface area contributed by atoms with Gasteiger partial charge in [-0.15, -0.1) is 0 Å². The van der Waals surface area contributed by atoms with Gasteiger partial charge in [-0.3, -0.25) is 9.69 Å². The minimum Gasteiger partial charge on any atom is -0.382 e. The fourth-order valence-corrected chi connectivity index (χ4v) is 3.35.